The molecule has 2 atom stereocenters. The summed E-state index contributed by atoms with van der Waals surface area (Å²) in [6.45, 7) is 0.377. The largest absolute Gasteiger partial charge is 0.435 e. The first-order valence-corrected chi connectivity index (χ1v) is 15.6. The Labute approximate surface area is 281 Å². The molecule has 0 radical (unpaired) electrons. The number of nitrogens with two attached hydrogens (primary N) is 1. The zero-order valence-electron chi connectivity index (χ0n) is 25.8. The Morgan fingerprint density at radius 2 is 1.80 bits per heavy atom. The second-order valence-electron chi connectivity index (χ2n) is 12.8. The average Bonchev–Trinajstić information content (AvgIpc) is 3.74. The summed E-state index contributed by atoms with van der Waals surface area (Å²) in [5.41, 5.74) is 4.02. The van der Waals surface area contributed by atoms with Crippen molar-refractivity contribution >= 4 is 40.7 Å². The summed E-state index contributed by atoms with van der Waals surface area (Å²) < 4.78 is 44.1. The van der Waals surface area contributed by atoms with Gasteiger partial charge in [-0.25, -0.2) is 14.6 Å². The van der Waals surface area contributed by atoms with E-state index in [9.17, 15) is 32.7 Å². The van der Waals surface area contributed by atoms with Crippen molar-refractivity contribution in [3.63, 3.8) is 0 Å². The number of amides is 3. The van der Waals surface area contributed by atoms with Gasteiger partial charge in [0.15, 0.2) is 17.3 Å². The van der Waals surface area contributed by atoms with Crippen molar-refractivity contribution in [2.75, 3.05) is 17.6 Å². The van der Waals surface area contributed by atoms with E-state index >= 15 is 0 Å². The van der Waals surface area contributed by atoms with Crippen LogP contribution in [0.3, 0.4) is 0 Å². The zero-order chi connectivity index (χ0) is 34.9. The molecule has 18 heteroatoms. The van der Waals surface area contributed by atoms with E-state index in [-0.39, 0.29) is 50.6 Å². The summed E-state index contributed by atoms with van der Waals surface area (Å²) in [6, 6.07) is 6.78. The van der Waals surface area contributed by atoms with Crippen LogP contribution in [0.1, 0.15) is 52.4 Å². The number of aliphatic hydroxyl groups excluding tert-OH is 1. The molecular formula is C31H30ClF3N10O4. The maximum absolute atomic E-state index is 14.0. The normalized spacial score (nSPS) is 24.1. The Kier molecular flexibility index (Phi) is 7.68. The molecule has 4 aromatic rings. The molecule has 8 rings (SSSR count). The van der Waals surface area contributed by atoms with Crippen LogP contribution >= 0.6 is 11.6 Å². The second-order valence-corrected chi connectivity index (χ2v) is 13.3. The van der Waals surface area contributed by atoms with Gasteiger partial charge >= 0.3 is 6.18 Å². The van der Waals surface area contributed by atoms with Crippen molar-refractivity contribution in [2.24, 2.45) is 7.05 Å². The molecule has 3 saturated carbocycles. The van der Waals surface area contributed by atoms with Crippen LogP contribution in [0.15, 0.2) is 48.9 Å². The number of pyridine rings is 1. The Morgan fingerprint density at radius 1 is 1.06 bits per heavy atom. The van der Waals surface area contributed by atoms with Crippen molar-refractivity contribution in [1.82, 2.24) is 40.3 Å². The average molecular weight is 699 g/mol. The topological polar surface area (TPSA) is 194 Å². The molecule has 4 fully saturated rings. The van der Waals surface area contributed by atoms with E-state index in [1.807, 2.05) is 0 Å². The molecule has 3 aromatic heterocycles. The monoisotopic (exact) mass is 698 g/mol. The van der Waals surface area contributed by atoms with Gasteiger partial charge in [0.05, 0.1) is 52.1 Å². The van der Waals surface area contributed by atoms with Crippen LogP contribution < -0.4 is 27.0 Å². The van der Waals surface area contributed by atoms with Crippen molar-refractivity contribution in [2.45, 2.75) is 55.1 Å². The van der Waals surface area contributed by atoms with Crippen molar-refractivity contribution in [3.8, 4) is 17.1 Å². The van der Waals surface area contributed by atoms with E-state index in [4.69, 9.17) is 17.3 Å². The van der Waals surface area contributed by atoms with E-state index in [2.05, 4.69) is 36.3 Å². The number of β-amino-alcohol motifs (C(OH)–C–C–N with tert-alkyl or cyclic N) is 1. The number of benzene rings is 1. The minimum absolute atomic E-state index is 0.0202. The van der Waals surface area contributed by atoms with Gasteiger partial charge in [-0.15, -0.1) is 0 Å². The van der Waals surface area contributed by atoms with Crippen LogP contribution in [0, 0.1) is 0 Å². The molecule has 1 aromatic carbocycles. The fraction of sp³-hybridized carbons (Fsp3) is 0.355. The lowest BCUT2D eigenvalue weighted by atomic mass is 9.44. The molecule has 1 aliphatic heterocycles. The van der Waals surface area contributed by atoms with Gasteiger partial charge in [0.2, 0.25) is 5.91 Å². The highest BCUT2D eigenvalue weighted by Crippen LogP contribution is 2.60. The van der Waals surface area contributed by atoms with Crippen LogP contribution in [0.2, 0.25) is 5.02 Å². The molecule has 1 saturated heterocycles. The van der Waals surface area contributed by atoms with Gasteiger partial charge < -0.3 is 36.7 Å². The fourth-order valence-corrected chi connectivity index (χ4v) is 7.15. The third kappa shape index (κ3) is 5.97. The van der Waals surface area contributed by atoms with Crippen LogP contribution in [-0.4, -0.2) is 76.9 Å². The van der Waals surface area contributed by atoms with Crippen molar-refractivity contribution in [1.29, 1.82) is 0 Å². The lowest BCUT2D eigenvalue weighted by Gasteiger charge is -2.70. The number of nitrogens with zero attached hydrogens (tertiary/aromatic N) is 5. The Hall–Kier alpha value is -5.00. The number of hydrogen-bond donors (Lipinski definition) is 6. The number of hydrogen-bond acceptors (Lipinski definition) is 9. The summed E-state index contributed by atoms with van der Waals surface area (Å²) >= 11 is 6.43. The van der Waals surface area contributed by atoms with Gasteiger partial charge in [-0.2, -0.15) is 18.3 Å². The fourth-order valence-electron chi connectivity index (χ4n) is 6.88. The highest BCUT2D eigenvalue weighted by atomic mass is 35.5. The second kappa shape index (κ2) is 11.6. The summed E-state index contributed by atoms with van der Waals surface area (Å²) in [7, 11) is 1.40. The molecule has 0 spiro atoms. The first-order valence-electron chi connectivity index (χ1n) is 15.2. The lowest BCUT2D eigenvalue weighted by molar-refractivity contribution is -0.142. The number of imidazole rings is 1. The molecular weight excluding hydrogens is 669 g/mol. The van der Waals surface area contributed by atoms with Crippen LogP contribution in [-0.2, 0) is 18.0 Å². The smallest absolute Gasteiger partial charge is 0.397 e. The highest BCUT2D eigenvalue weighted by Gasteiger charge is 2.69. The molecule has 256 valence electrons. The molecule has 2 bridgehead atoms. The first kappa shape index (κ1) is 32.5. The third-order valence-electron chi connectivity index (χ3n) is 9.15. The lowest BCUT2D eigenvalue weighted by Crippen LogP contribution is -2.84. The summed E-state index contributed by atoms with van der Waals surface area (Å²) in [4.78, 5) is 46.9. The molecule has 3 aliphatic carbocycles. The molecule has 4 aliphatic rings. The number of alkyl halides is 3. The number of anilines is 2. The van der Waals surface area contributed by atoms with E-state index in [1.54, 1.807) is 0 Å². The summed E-state index contributed by atoms with van der Waals surface area (Å²) in [5, 5.41) is 25.1. The van der Waals surface area contributed by atoms with E-state index in [1.165, 1.54) is 48.1 Å². The Morgan fingerprint density at radius 3 is 2.43 bits per heavy atom. The van der Waals surface area contributed by atoms with Crippen molar-refractivity contribution in [3.05, 3.63) is 71.0 Å². The molecule has 7 N–H and O–H groups in total. The van der Waals surface area contributed by atoms with Gasteiger partial charge in [0.1, 0.15) is 0 Å². The zero-order valence-corrected chi connectivity index (χ0v) is 26.6. The quantitative estimate of drug-likeness (QED) is 0.160. The van der Waals surface area contributed by atoms with E-state index < -0.39 is 41.4 Å². The van der Waals surface area contributed by atoms with Crippen LogP contribution in [0.5, 0.6) is 0 Å². The number of carbonyl (C=O) groups is 3. The first-order chi connectivity index (χ1) is 23.1. The maximum Gasteiger partial charge on any atom is 0.435 e. The number of halogens is 4. The number of nitrogens with one attached hydrogen (secondary N) is 4. The van der Waals surface area contributed by atoms with Gasteiger partial charge in [-0.3, -0.25) is 14.4 Å². The standard InChI is InChI=1S/C31H30ClF3N10O4/c1-44-22(19-11-45(43-24(19)31(33,34)35)23-5-2-15(36)8-38-23)10-39-25(44)28(49)40-16-3-4-18(20(32)6-16)26(47)41-29-12-30(13-29,14-29)42-27(48)21-7-17(46)9-37-21/h2-6,8,10-11,17,21,37,46H,7,9,12-14,36H2,1H3,(H,40,49)(H,41,47)(H,42,48)/t17-,21+,29?,30?/m1/s1. The Bertz CT molecular complexity index is 1970. The molecule has 3 amide bonds. The molecule has 49 heavy (non-hydrogen) atoms. The van der Waals surface area contributed by atoms with Gasteiger partial charge in [-0.1, -0.05) is 11.6 Å². The van der Waals surface area contributed by atoms with E-state index in [0.717, 1.165) is 17.1 Å². The number of rotatable bonds is 8. The van der Waals surface area contributed by atoms with Crippen molar-refractivity contribution < 1.29 is 32.7 Å². The Balaban J connectivity index is 1.00. The molecule has 0 unspecified atom stereocenters. The summed E-state index contributed by atoms with van der Waals surface area (Å²) in [5.74, 6) is -1.38. The SMILES string of the molecule is Cn1c(-c2cn(-c3ccc(N)cn3)nc2C(F)(F)F)cnc1C(=O)Nc1ccc(C(=O)NC23CC(NC(=O)[C@@H]4C[C@@H](O)CN4)(C2)C3)c(Cl)c1. The number of nitrogen functional groups attached to an aromatic ring is 1. The van der Waals surface area contributed by atoms with Gasteiger partial charge in [-0.05, 0) is 56.0 Å². The number of aliphatic hydroxyl groups is 1. The van der Waals surface area contributed by atoms with Gasteiger partial charge in [0, 0.05) is 36.6 Å². The van der Waals surface area contributed by atoms with Crippen LogP contribution in [0.4, 0.5) is 24.5 Å². The predicted octanol–water partition coefficient (Wildman–Crippen LogP) is 2.42. The minimum Gasteiger partial charge on any atom is -0.397 e. The highest BCUT2D eigenvalue weighted by molar-refractivity contribution is 6.34. The van der Waals surface area contributed by atoms with Crippen LogP contribution in [0.25, 0.3) is 17.1 Å². The van der Waals surface area contributed by atoms with Gasteiger partial charge in [0.25, 0.3) is 11.8 Å². The predicted molar refractivity (Wildman–Crippen MR) is 170 cm³/mol. The van der Waals surface area contributed by atoms with E-state index in [0.29, 0.717) is 37.9 Å². The molecule has 4 heterocycles. The minimum atomic E-state index is -4.82. The maximum atomic E-state index is 14.0. The third-order valence-corrected chi connectivity index (χ3v) is 9.46. The molecule has 14 nitrogen and oxygen atoms in total. The number of carbonyl (C=O) groups excluding carboxylic acids is 3. The summed E-state index contributed by atoms with van der Waals surface area (Å²) in [6.07, 6.45) is 0.305. The number of aromatic nitrogens is 5.